The lowest BCUT2D eigenvalue weighted by molar-refractivity contribution is -0.112. The molecular formula is C50H59Cl2F2N15O4. The Morgan fingerprint density at radius 3 is 1.70 bits per heavy atom. The highest BCUT2D eigenvalue weighted by atomic mass is 35.5. The number of nitrogens with zero attached hydrogens (tertiary/aromatic N) is 10. The maximum Gasteiger partial charge on any atom is 0.333 e. The number of H-pyrrole nitrogens is 1. The molecule has 0 atom stereocenters. The number of piperidine rings is 1. The molecule has 5 N–H and O–H groups in total. The predicted molar refractivity (Wildman–Crippen MR) is 284 cm³/mol. The average molecular weight is 1040 g/mol. The van der Waals surface area contributed by atoms with Gasteiger partial charge in [-0.1, -0.05) is 36.4 Å². The van der Waals surface area contributed by atoms with Crippen molar-refractivity contribution in [2.75, 3.05) is 98.7 Å². The second kappa shape index (κ2) is 24.4. The summed E-state index contributed by atoms with van der Waals surface area (Å²) < 4.78 is 37.8. The molecule has 0 unspecified atom stereocenters. The van der Waals surface area contributed by atoms with E-state index in [-0.39, 0.29) is 28.5 Å². The third kappa shape index (κ3) is 13.2. The van der Waals surface area contributed by atoms with E-state index >= 15 is 0 Å². The molecule has 4 aromatic heterocycles. The lowest BCUT2D eigenvalue weighted by Crippen LogP contribution is -2.49. The molecule has 6 heterocycles. The summed E-state index contributed by atoms with van der Waals surface area (Å²) in [4.78, 5) is 54.2. The van der Waals surface area contributed by atoms with Crippen LogP contribution in [0.2, 0.25) is 10.0 Å². The van der Waals surface area contributed by atoms with Crippen LogP contribution in [0.25, 0.3) is 22.5 Å². The molecule has 386 valence electrons. The number of hydrogen-bond acceptors (Lipinski definition) is 15. The maximum atomic E-state index is 13.0. The molecule has 2 amide bonds. The summed E-state index contributed by atoms with van der Waals surface area (Å²) in [6, 6.07) is 10.2. The van der Waals surface area contributed by atoms with E-state index in [9.17, 15) is 18.4 Å². The predicted octanol–water partition coefficient (Wildman–Crippen LogP) is 9.33. The molecule has 8 rings (SSSR count). The number of carbonyl (C=O) groups is 2. The Labute approximate surface area is 432 Å². The molecule has 23 heteroatoms. The number of benzene rings is 2. The number of hydrogen-bond donors (Lipinski definition) is 5. The van der Waals surface area contributed by atoms with E-state index in [2.05, 4.69) is 112 Å². The van der Waals surface area contributed by atoms with Crippen LogP contribution in [0, 0.1) is 0 Å². The van der Waals surface area contributed by atoms with Gasteiger partial charge in [0.2, 0.25) is 23.7 Å². The third-order valence-corrected chi connectivity index (χ3v) is 12.9. The molecule has 2 saturated heterocycles. The number of nitrogens with one attached hydrogen (secondary N) is 5. The molecule has 6 aromatic rings. The molecule has 19 nitrogen and oxygen atoms in total. The first-order chi connectivity index (χ1) is 35.1. The minimum atomic E-state index is -2.79. The Kier molecular flexibility index (Phi) is 17.9. The van der Waals surface area contributed by atoms with E-state index in [0.717, 1.165) is 75.2 Å². The van der Waals surface area contributed by atoms with Gasteiger partial charge in [0.05, 0.1) is 88.4 Å². The summed E-state index contributed by atoms with van der Waals surface area (Å²) in [5.74, 6) is 0.949. The Bertz CT molecular complexity index is 2890. The van der Waals surface area contributed by atoms with Gasteiger partial charge >= 0.3 is 6.55 Å². The van der Waals surface area contributed by atoms with Gasteiger partial charge in [-0.3, -0.25) is 14.5 Å². The van der Waals surface area contributed by atoms with Crippen molar-refractivity contribution in [2.24, 2.45) is 0 Å². The van der Waals surface area contributed by atoms with Crippen LogP contribution < -0.4 is 40.5 Å². The zero-order valence-corrected chi connectivity index (χ0v) is 42.9. The number of piperazine rings is 1. The van der Waals surface area contributed by atoms with Gasteiger partial charge < -0.3 is 50.4 Å². The van der Waals surface area contributed by atoms with E-state index < -0.39 is 6.55 Å². The molecule has 2 aliphatic heterocycles. The summed E-state index contributed by atoms with van der Waals surface area (Å²) in [7, 11) is 7.37. The summed E-state index contributed by atoms with van der Waals surface area (Å²) >= 11 is 12.6. The largest absolute Gasteiger partial charge is 0.494 e. The lowest BCUT2D eigenvalue weighted by atomic mass is 10.0. The van der Waals surface area contributed by atoms with Gasteiger partial charge in [-0.25, -0.2) is 24.6 Å². The minimum absolute atomic E-state index is 0.145. The number of aromatic nitrogens is 7. The number of rotatable bonds is 17. The number of aromatic amines is 1. The standard InChI is InChI=1S/C25H29ClF2N8O2.C25H30ClN7O2/c1-5-22(37)31-18-10-19(21(38-4)11-20(18)35-8-6-34(7-9-35)15(2)3)32-25-29-13-17(26)23(33-25)16-12-30-36(14-16)24(27)28;1-5-23(34)29-19-12-20(30-25-28-15-18(26)24(31-25)16-6-9-27-14-16)22(35-4)13-21(19)33-10-7-17(8-11-33)32(2)3/h5,10-15,24H,1,6-9H2,2-4H3,(H,31,37)(H,29,32,33);5-6,9,12-15,17,27H,1,7-8,10-11H2,2-4H3,(H,29,34)(H,28,30,31). The van der Waals surface area contributed by atoms with Crippen LogP contribution in [-0.2, 0) is 9.59 Å². The Morgan fingerprint density at radius 2 is 1.27 bits per heavy atom. The maximum absolute atomic E-state index is 13.0. The number of ether oxygens (including phenoxy) is 2. The van der Waals surface area contributed by atoms with Crippen molar-refractivity contribution in [3.63, 3.8) is 0 Å². The zero-order valence-electron chi connectivity index (χ0n) is 41.4. The van der Waals surface area contributed by atoms with Crippen molar-refractivity contribution in [3.8, 4) is 34.0 Å². The van der Waals surface area contributed by atoms with E-state index in [0.29, 0.717) is 73.2 Å². The normalized spacial score (nSPS) is 14.2. The highest BCUT2D eigenvalue weighted by Crippen LogP contribution is 2.41. The van der Waals surface area contributed by atoms with Crippen LogP contribution in [0.15, 0.2) is 92.8 Å². The second-order valence-corrected chi connectivity index (χ2v) is 18.3. The highest BCUT2D eigenvalue weighted by molar-refractivity contribution is 6.33. The van der Waals surface area contributed by atoms with Crippen molar-refractivity contribution < 1.29 is 27.8 Å². The zero-order chi connectivity index (χ0) is 52.3. The molecule has 73 heavy (non-hydrogen) atoms. The van der Waals surface area contributed by atoms with Gasteiger partial charge in [0, 0.05) is 93.2 Å². The number of carbonyl (C=O) groups excluding carboxylic acids is 2. The van der Waals surface area contributed by atoms with Crippen molar-refractivity contribution in [2.45, 2.75) is 45.3 Å². The monoisotopic (exact) mass is 1040 g/mol. The van der Waals surface area contributed by atoms with Crippen LogP contribution in [0.5, 0.6) is 11.5 Å². The van der Waals surface area contributed by atoms with E-state index in [4.69, 9.17) is 32.7 Å². The van der Waals surface area contributed by atoms with Crippen LogP contribution in [-0.4, -0.2) is 136 Å². The summed E-state index contributed by atoms with van der Waals surface area (Å²) in [5.41, 5.74) is 6.00. The van der Waals surface area contributed by atoms with Crippen LogP contribution >= 0.6 is 23.2 Å². The smallest absolute Gasteiger partial charge is 0.333 e. The number of alkyl halides is 2. The first kappa shape index (κ1) is 53.5. The Morgan fingerprint density at radius 1 is 0.767 bits per heavy atom. The fourth-order valence-corrected chi connectivity index (χ4v) is 8.80. The Hall–Kier alpha value is -7.33. The molecule has 0 aliphatic carbocycles. The van der Waals surface area contributed by atoms with Crippen LogP contribution in [0.4, 0.5) is 54.8 Å². The molecule has 2 aliphatic rings. The summed E-state index contributed by atoms with van der Waals surface area (Å²) in [5, 5.41) is 16.4. The average Bonchev–Trinajstić information content (AvgIpc) is 4.12. The van der Waals surface area contributed by atoms with Crippen molar-refractivity contribution >= 4 is 81.0 Å². The first-order valence-electron chi connectivity index (χ1n) is 23.4. The van der Waals surface area contributed by atoms with Gasteiger partial charge in [0.25, 0.3) is 0 Å². The summed E-state index contributed by atoms with van der Waals surface area (Å²) in [6.07, 6.45) is 13.5. The fourth-order valence-electron chi connectivity index (χ4n) is 8.40. The molecule has 2 fully saturated rings. The molecule has 0 radical (unpaired) electrons. The number of methoxy groups -OCH3 is 2. The fraction of sp³-hybridized carbons (Fsp3) is 0.340. The SMILES string of the molecule is C=CC(=O)Nc1cc(Nc2ncc(Cl)c(-c3cc[nH]c3)n2)c(OC)cc1N1CCC(N(C)C)CC1.C=CC(=O)Nc1cc(Nc2ncc(Cl)c(-c3cnn(C(F)F)c3)n2)c(OC)cc1N1CCN(C(C)C)CC1. The first-order valence-corrected chi connectivity index (χ1v) is 24.1. The second-order valence-electron chi connectivity index (χ2n) is 17.4. The van der Waals surface area contributed by atoms with Gasteiger partial charge in [0.15, 0.2) is 0 Å². The Balaban J connectivity index is 0.000000214. The van der Waals surface area contributed by atoms with Crippen LogP contribution in [0.3, 0.4) is 0 Å². The van der Waals surface area contributed by atoms with Gasteiger partial charge in [0.1, 0.15) is 11.5 Å². The topological polar surface area (TPSA) is 199 Å². The molecule has 0 bridgehead atoms. The quantitative estimate of drug-likeness (QED) is 0.0541. The van der Waals surface area contributed by atoms with Crippen molar-refractivity contribution in [1.29, 1.82) is 0 Å². The molecule has 0 saturated carbocycles. The third-order valence-electron chi connectivity index (χ3n) is 12.4. The van der Waals surface area contributed by atoms with Crippen molar-refractivity contribution in [1.82, 2.24) is 44.5 Å². The van der Waals surface area contributed by atoms with Crippen LogP contribution in [0.1, 0.15) is 33.2 Å². The molecule has 0 spiro atoms. The van der Waals surface area contributed by atoms with Gasteiger partial charge in [-0.05, 0) is 71.1 Å². The van der Waals surface area contributed by atoms with E-state index in [1.54, 1.807) is 25.6 Å². The number of amides is 2. The number of halogens is 4. The van der Waals surface area contributed by atoms with E-state index in [1.165, 1.54) is 31.7 Å². The minimum Gasteiger partial charge on any atom is -0.494 e. The number of anilines is 8. The van der Waals surface area contributed by atoms with Gasteiger partial charge in [-0.2, -0.15) is 13.9 Å². The molecule has 2 aromatic carbocycles. The lowest BCUT2D eigenvalue weighted by Gasteiger charge is -2.39. The summed E-state index contributed by atoms with van der Waals surface area (Å²) in [6.45, 7) is 13.8. The van der Waals surface area contributed by atoms with Crippen molar-refractivity contribution in [3.05, 3.63) is 103 Å². The van der Waals surface area contributed by atoms with E-state index in [1.807, 2.05) is 30.5 Å². The highest BCUT2D eigenvalue weighted by Gasteiger charge is 2.26. The molecular weight excluding hydrogens is 984 g/mol. The van der Waals surface area contributed by atoms with Gasteiger partial charge in [-0.15, -0.1) is 0 Å².